The van der Waals surface area contributed by atoms with Crippen LogP contribution in [-0.2, 0) is 9.53 Å². The predicted molar refractivity (Wildman–Crippen MR) is 44.2 cm³/mol. The van der Waals surface area contributed by atoms with Gasteiger partial charge in [-0.25, -0.2) is 0 Å². The monoisotopic (exact) mass is 168 g/mol. The number of carbonyl (C=O) groups is 1. The van der Waals surface area contributed by atoms with Crippen LogP contribution in [0.4, 0.5) is 0 Å². The van der Waals surface area contributed by atoms with Crippen molar-refractivity contribution in [3.8, 4) is 11.8 Å². The van der Waals surface area contributed by atoms with Crippen LogP contribution in [0.3, 0.4) is 0 Å². The zero-order valence-electron chi connectivity index (χ0n) is 6.88. The molecule has 1 aliphatic rings. The summed E-state index contributed by atoms with van der Waals surface area (Å²) in [5.74, 6) is 4.43. The lowest BCUT2D eigenvalue weighted by molar-refractivity contribution is -0.112. The van der Waals surface area contributed by atoms with E-state index in [1.54, 1.807) is 0 Å². The summed E-state index contributed by atoms with van der Waals surface area (Å²) in [5, 5.41) is 0. The molecule has 1 rings (SSSR count). The normalized spacial score (nSPS) is 18.0. The van der Waals surface area contributed by atoms with E-state index < -0.39 is 5.91 Å². The quantitative estimate of drug-likeness (QED) is 0.501. The van der Waals surface area contributed by atoms with E-state index in [-0.39, 0.29) is 0 Å². The summed E-state index contributed by atoms with van der Waals surface area (Å²) >= 11 is 0. The zero-order valence-corrected chi connectivity index (χ0v) is 6.88. The minimum atomic E-state index is -0.566. The van der Waals surface area contributed by atoms with Gasteiger partial charge in [0.25, 0.3) is 5.91 Å². The topological polar surface area (TPSA) is 55.6 Å². The maximum Gasteiger partial charge on any atom is 0.293 e. The first-order valence-electron chi connectivity index (χ1n) is 3.87. The van der Waals surface area contributed by atoms with Crippen LogP contribution in [0, 0.1) is 11.8 Å². The van der Waals surface area contributed by atoms with Gasteiger partial charge >= 0.3 is 0 Å². The fraction of sp³-hybridized carbons (Fsp3) is 0.625. The number of nitrogens with two attached hydrogens (primary N) is 1. The Morgan fingerprint density at radius 1 is 1.50 bits per heavy atom. The van der Waals surface area contributed by atoms with Crippen molar-refractivity contribution >= 4 is 5.91 Å². The molecule has 4 nitrogen and oxygen atoms in total. The summed E-state index contributed by atoms with van der Waals surface area (Å²) in [4.78, 5) is 12.4. The average Bonchev–Trinajstić information content (AvgIpc) is 2.05. The van der Waals surface area contributed by atoms with Crippen LogP contribution in [-0.4, -0.2) is 43.7 Å². The number of amides is 1. The maximum absolute atomic E-state index is 10.2. The molecule has 66 valence electrons. The largest absolute Gasteiger partial charge is 0.379 e. The number of nitrogens with zero attached hydrogens (tertiary/aromatic N) is 1. The van der Waals surface area contributed by atoms with Crippen molar-refractivity contribution in [1.29, 1.82) is 0 Å². The first-order chi connectivity index (χ1) is 5.79. The van der Waals surface area contributed by atoms with Gasteiger partial charge in [-0.15, -0.1) is 0 Å². The summed E-state index contributed by atoms with van der Waals surface area (Å²) < 4.78 is 5.15. The molecule has 2 N–H and O–H groups in total. The Balaban J connectivity index is 2.22. The van der Waals surface area contributed by atoms with E-state index in [0.717, 1.165) is 26.3 Å². The molecule has 0 aromatic heterocycles. The fourth-order valence-corrected chi connectivity index (χ4v) is 0.998. The number of morpholine rings is 1. The summed E-state index contributed by atoms with van der Waals surface area (Å²) in [6, 6.07) is 0. The van der Waals surface area contributed by atoms with E-state index in [4.69, 9.17) is 10.5 Å². The Morgan fingerprint density at radius 2 is 2.17 bits per heavy atom. The number of carbonyl (C=O) groups excluding carboxylic acids is 1. The van der Waals surface area contributed by atoms with Crippen LogP contribution in [0.2, 0.25) is 0 Å². The Morgan fingerprint density at radius 3 is 2.75 bits per heavy atom. The number of hydrogen-bond donors (Lipinski definition) is 1. The molecule has 4 heteroatoms. The minimum Gasteiger partial charge on any atom is -0.379 e. The second-order valence-electron chi connectivity index (χ2n) is 2.55. The SMILES string of the molecule is NC(=O)C#CCN1CCOCC1. The van der Waals surface area contributed by atoms with E-state index >= 15 is 0 Å². The molecule has 0 radical (unpaired) electrons. The Kier molecular flexibility index (Phi) is 3.58. The van der Waals surface area contributed by atoms with Crippen molar-refractivity contribution < 1.29 is 9.53 Å². The highest BCUT2D eigenvalue weighted by molar-refractivity contribution is 5.91. The third-order valence-corrected chi connectivity index (χ3v) is 1.62. The molecule has 0 aromatic carbocycles. The zero-order chi connectivity index (χ0) is 8.81. The summed E-state index contributed by atoms with van der Waals surface area (Å²) in [6.45, 7) is 3.86. The molecular formula is C8H12N2O2. The van der Waals surface area contributed by atoms with Gasteiger partial charge in [0, 0.05) is 13.1 Å². The second kappa shape index (κ2) is 4.75. The smallest absolute Gasteiger partial charge is 0.293 e. The van der Waals surface area contributed by atoms with Crippen molar-refractivity contribution in [2.45, 2.75) is 0 Å². The standard InChI is InChI=1S/C8H12N2O2/c9-8(11)2-1-3-10-4-6-12-7-5-10/h3-7H2,(H2,9,11). The third kappa shape index (κ3) is 3.37. The van der Waals surface area contributed by atoms with E-state index in [2.05, 4.69) is 16.7 Å². The van der Waals surface area contributed by atoms with E-state index in [0.29, 0.717) is 6.54 Å². The van der Waals surface area contributed by atoms with Crippen molar-refractivity contribution in [1.82, 2.24) is 4.90 Å². The van der Waals surface area contributed by atoms with Crippen LogP contribution >= 0.6 is 0 Å². The molecule has 1 fully saturated rings. The van der Waals surface area contributed by atoms with E-state index in [1.807, 2.05) is 0 Å². The van der Waals surface area contributed by atoms with Gasteiger partial charge < -0.3 is 10.5 Å². The molecule has 1 saturated heterocycles. The number of hydrogen-bond acceptors (Lipinski definition) is 3. The average molecular weight is 168 g/mol. The minimum absolute atomic E-state index is 0.566. The fourth-order valence-electron chi connectivity index (χ4n) is 0.998. The predicted octanol–water partition coefficient (Wildman–Crippen LogP) is -1.19. The van der Waals surface area contributed by atoms with Crippen LogP contribution in [0.5, 0.6) is 0 Å². The van der Waals surface area contributed by atoms with Crippen molar-refractivity contribution in [2.24, 2.45) is 5.73 Å². The first-order valence-corrected chi connectivity index (χ1v) is 3.87. The molecule has 0 spiro atoms. The molecule has 0 atom stereocenters. The highest BCUT2D eigenvalue weighted by Crippen LogP contribution is 1.94. The third-order valence-electron chi connectivity index (χ3n) is 1.62. The second-order valence-corrected chi connectivity index (χ2v) is 2.55. The van der Waals surface area contributed by atoms with E-state index in [9.17, 15) is 4.79 Å². The molecule has 0 aliphatic carbocycles. The molecule has 1 amide bonds. The van der Waals surface area contributed by atoms with Gasteiger partial charge in [0.2, 0.25) is 0 Å². The van der Waals surface area contributed by atoms with Crippen LogP contribution in [0.1, 0.15) is 0 Å². The maximum atomic E-state index is 10.2. The molecule has 0 unspecified atom stereocenters. The molecule has 0 bridgehead atoms. The molecule has 1 heterocycles. The Hall–Kier alpha value is -1.05. The summed E-state index contributed by atoms with van der Waals surface area (Å²) in [6.07, 6.45) is 0. The van der Waals surface area contributed by atoms with Crippen molar-refractivity contribution in [3.05, 3.63) is 0 Å². The lowest BCUT2D eigenvalue weighted by atomic mass is 10.4. The van der Waals surface area contributed by atoms with Gasteiger partial charge in [-0.05, 0) is 5.92 Å². The summed E-state index contributed by atoms with van der Waals surface area (Å²) in [5.41, 5.74) is 4.85. The van der Waals surface area contributed by atoms with Gasteiger partial charge in [-0.2, -0.15) is 0 Å². The highest BCUT2D eigenvalue weighted by Gasteiger charge is 2.07. The van der Waals surface area contributed by atoms with Crippen LogP contribution in [0.15, 0.2) is 0 Å². The van der Waals surface area contributed by atoms with Crippen molar-refractivity contribution in [3.63, 3.8) is 0 Å². The van der Waals surface area contributed by atoms with E-state index in [1.165, 1.54) is 0 Å². The lowest BCUT2D eigenvalue weighted by Crippen LogP contribution is -2.36. The van der Waals surface area contributed by atoms with Crippen molar-refractivity contribution in [2.75, 3.05) is 32.8 Å². The highest BCUT2D eigenvalue weighted by atomic mass is 16.5. The van der Waals surface area contributed by atoms with Gasteiger partial charge in [0.15, 0.2) is 0 Å². The molecule has 12 heavy (non-hydrogen) atoms. The molecule has 1 aliphatic heterocycles. The summed E-state index contributed by atoms with van der Waals surface area (Å²) in [7, 11) is 0. The van der Waals surface area contributed by atoms with Crippen LogP contribution < -0.4 is 5.73 Å². The molecular weight excluding hydrogens is 156 g/mol. The van der Waals surface area contributed by atoms with Gasteiger partial charge in [0.1, 0.15) is 0 Å². The van der Waals surface area contributed by atoms with Crippen LogP contribution in [0.25, 0.3) is 0 Å². The van der Waals surface area contributed by atoms with Gasteiger partial charge in [-0.3, -0.25) is 9.69 Å². The Labute approximate surface area is 71.7 Å². The number of ether oxygens (including phenoxy) is 1. The number of primary amides is 1. The Bertz CT molecular complexity index is 211. The van der Waals surface area contributed by atoms with Gasteiger partial charge in [-0.1, -0.05) is 5.92 Å². The molecule has 0 aromatic rings. The first kappa shape index (κ1) is 9.04. The molecule has 0 saturated carbocycles. The van der Waals surface area contributed by atoms with Gasteiger partial charge in [0.05, 0.1) is 19.8 Å². The lowest BCUT2D eigenvalue weighted by Gasteiger charge is -2.24. The number of rotatable bonds is 1.